The first-order chi connectivity index (χ1) is 7.70. The molecule has 1 aromatic carbocycles. The minimum Gasteiger partial charge on any atom is -0.464 e. The van der Waals surface area contributed by atoms with Crippen molar-refractivity contribution in [3.05, 3.63) is 34.7 Å². The zero-order chi connectivity index (χ0) is 11.3. The summed E-state index contributed by atoms with van der Waals surface area (Å²) in [5.41, 5.74) is 0.723. The molecule has 1 heterocycles. The van der Waals surface area contributed by atoms with Gasteiger partial charge in [-0.25, -0.2) is 9.59 Å². The van der Waals surface area contributed by atoms with Crippen molar-refractivity contribution in [2.24, 2.45) is 0 Å². The molecule has 5 nitrogen and oxygen atoms in total. The van der Waals surface area contributed by atoms with Crippen LogP contribution in [0, 0.1) is 0 Å². The second-order valence-electron chi connectivity index (χ2n) is 3.99. The third-order valence-electron chi connectivity index (χ3n) is 2.88. The van der Waals surface area contributed by atoms with Crippen LogP contribution in [-0.2, 0) is 0 Å². The van der Waals surface area contributed by atoms with Crippen LogP contribution in [0.4, 0.5) is 4.79 Å². The van der Waals surface area contributed by atoms with Gasteiger partial charge in [-0.15, -0.1) is 0 Å². The number of nitrogens with zero attached hydrogens (tertiary/aromatic N) is 2. The van der Waals surface area contributed by atoms with Gasteiger partial charge in [0.05, 0.1) is 11.0 Å². The van der Waals surface area contributed by atoms with E-state index in [-0.39, 0.29) is 6.04 Å². The Morgan fingerprint density at radius 3 is 2.44 bits per heavy atom. The average molecular weight is 218 g/mol. The van der Waals surface area contributed by atoms with Gasteiger partial charge in [-0.3, -0.25) is 4.57 Å². The molecule has 0 bridgehead atoms. The normalized spacial score (nSPS) is 15.5. The molecule has 1 aliphatic rings. The van der Waals surface area contributed by atoms with Gasteiger partial charge in [-0.05, 0) is 25.0 Å². The fourth-order valence-electron chi connectivity index (χ4n) is 2.04. The number of hydrogen-bond donors (Lipinski definition) is 1. The summed E-state index contributed by atoms with van der Waals surface area (Å²) in [7, 11) is 0. The molecular weight excluding hydrogens is 208 g/mol. The summed E-state index contributed by atoms with van der Waals surface area (Å²) >= 11 is 0. The highest BCUT2D eigenvalue weighted by Gasteiger charge is 2.29. The molecule has 1 saturated carbocycles. The van der Waals surface area contributed by atoms with E-state index in [2.05, 4.69) is 0 Å². The largest absolute Gasteiger partial charge is 0.464 e. The number of carboxylic acid groups (broad SMARTS) is 1. The number of imidazole rings is 1. The summed E-state index contributed by atoms with van der Waals surface area (Å²) in [5, 5.41) is 9.03. The van der Waals surface area contributed by atoms with Gasteiger partial charge < -0.3 is 5.11 Å². The Hall–Kier alpha value is -2.04. The zero-order valence-corrected chi connectivity index (χ0v) is 8.46. The third kappa shape index (κ3) is 1.11. The first-order valence-corrected chi connectivity index (χ1v) is 5.15. The number of rotatable bonds is 1. The van der Waals surface area contributed by atoms with E-state index < -0.39 is 11.8 Å². The number of hydrogen-bond acceptors (Lipinski definition) is 2. The first kappa shape index (κ1) is 9.21. The van der Waals surface area contributed by atoms with E-state index in [1.807, 2.05) is 6.07 Å². The summed E-state index contributed by atoms with van der Waals surface area (Å²) < 4.78 is 2.40. The van der Waals surface area contributed by atoms with E-state index in [1.165, 1.54) is 0 Å². The lowest BCUT2D eigenvalue weighted by molar-refractivity contribution is 0.196. The number of carbonyl (C=O) groups is 1. The molecule has 1 aromatic heterocycles. The Kier molecular flexibility index (Phi) is 1.71. The smallest absolute Gasteiger partial charge is 0.420 e. The molecule has 1 aliphatic carbocycles. The van der Waals surface area contributed by atoms with Crippen molar-refractivity contribution < 1.29 is 9.90 Å². The van der Waals surface area contributed by atoms with Gasteiger partial charge in [-0.1, -0.05) is 12.1 Å². The van der Waals surface area contributed by atoms with Crippen LogP contribution in [0.15, 0.2) is 29.1 Å². The Morgan fingerprint density at radius 2 is 1.88 bits per heavy atom. The molecule has 1 N–H and O–H groups in total. The second kappa shape index (κ2) is 2.98. The third-order valence-corrected chi connectivity index (χ3v) is 2.88. The Labute approximate surface area is 90.5 Å². The number of benzene rings is 1. The summed E-state index contributed by atoms with van der Waals surface area (Å²) in [6, 6.07) is 7.17. The van der Waals surface area contributed by atoms with Crippen LogP contribution in [0.3, 0.4) is 0 Å². The van der Waals surface area contributed by atoms with Crippen LogP contribution in [0.25, 0.3) is 11.0 Å². The quantitative estimate of drug-likeness (QED) is 0.791. The molecule has 16 heavy (non-hydrogen) atoms. The Bertz CT molecular complexity index is 634. The van der Waals surface area contributed by atoms with Crippen LogP contribution < -0.4 is 5.69 Å². The van der Waals surface area contributed by atoms with E-state index in [1.54, 1.807) is 22.8 Å². The van der Waals surface area contributed by atoms with Crippen molar-refractivity contribution in [3.8, 4) is 0 Å². The topological polar surface area (TPSA) is 64.2 Å². The Morgan fingerprint density at radius 1 is 1.25 bits per heavy atom. The van der Waals surface area contributed by atoms with Gasteiger partial charge in [0.1, 0.15) is 0 Å². The number of aromatic nitrogens is 2. The van der Waals surface area contributed by atoms with Crippen molar-refractivity contribution in [1.82, 2.24) is 9.13 Å². The fraction of sp³-hybridized carbons (Fsp3) is 0.273. The highest BCUT2D eigenvalue weighted by Crippen LogP contribution is 2.35. The molecule has 0 spiro atoms. The standard InChI is InChI=1S/C11H10N2O3/c14-10-12(7-5-6-7)8-3-1-2-4-9(8)13(10)11(15)16/h1-4,7H,5-6H2,(H,15,16). The maximum absolute atomic E-state index is 12.0. The van der Waals surface area contributed by atoms with E-state index in [4.69, 9.17) is 5.11 Å². The van der Waals surface area contributed by atoms with Crippen LogP contribution in [0.1, 0.15) is 18.9 Å². The summed E-state index contributed by atoms with van der Waals surface area (Å²) in [6.07, 6.45) is 0.682. The highest BCUT2D eigenvalue weighted by atomic mass is 16.4. The van der Waals surface area contributed by atoms with Gasteiger partial charge in [0, 0.05) is 6.04 Å². The maximum atomic E-state index is 12.0. The first-order valence-electron chi connectivity index (χ1n) is 5.15. The van der Waals surface area contributed by atoms with Crippen molar-refractivity contribution in [2.75, 3.05) is 0 Å². The predicted octanol–water partition coefficient (Wildman–Crippen LogP) is 1.66. The minimum atomic E-state index is -1.22. The molecule has 5 heteroatoms. The van der Waals surface area contributed by atoms with E-state index in [9.17, 15) is 9.59 Å². The van der Waals surface area contributed by atoms with Crippen LogP contribution in [-0.4, -0.2) is 20.3 Å². The summed E-state index contributed by atoms with van der Waals surface area (Å²) in [5.74, 6) is 0. The average Bonchev–Trinajstić information content (AvgIpc) is 3.01. The predicted molar refractivity (Wildman–Crippen MR) is 57.9 cm³/mol. The SMILES string of the molecule is O=C(O)n1c(=O)n(C2CC2)c2ccccc21. The van der Waals surface area contributed by atoms with E-state index in [0.717, 1.165) is 17.4 Å². The van der Waals surface area contributed by atoms with Gasteiger partial charge in [-0.2, -0.15) is 4.57 Å². The molecule has 0 unspecified atom stereocenters. The fourth-order valence-corrected chi connectivity index (χ4v) is 2.04. The molecule has 2 aromatic rings. The van der Waals surface area contributed by atoms with Crippen molar-refractivity contribution in [1.29, 1.82) is 0 Å². The molecule has 1 fully saturated rings. The number of para-hydroxylation sites is 2. The lowest BCUT2D eigenvalue weighted by Crippen LogP contribution is -2.27. The van der Waals surface area contributed by atoms with E-state index >= 15 is 0 Å². The summed E-state index contributed by atoms with van der Waals surface area (Å²) in [4.78, 5) is 23.0. The second-order valence-corrected chi connectivity index (χ2v) is 3.99. The van der Waals surface area contributed by atoms with Crippen LogP contribution in [0.2, 0.25) is 0 Å². The van der Waals surface area contributed by atoms with Gasteiger partial charge in [0.2, 0.25) is 0 Å². The molecule has 0 radical (unpaired) electrons. The minimum absolute atomic E-state index is 0.179. The lowest BCUT2D eigenvalue weighted by atomic mass is 10.3. The van der Waals surface area contributed by atoms with Crippen LogP contribution >= 0.6 is 0 Å². The summed E-state index contributed by atoms with van der Waals surface area (Å²) in [6.45, 7) is 0. The molecule has 3 rings (SSSR count). The molecule has 82 valence electrons. The number of fused-ring (bicyclic) bond motifs is 1. The zero-order valence-electron chi connectivity index (χ0n) is 8.46. The van der Waals surface area contributed by atoms with Crippen molar-refractivity contribution in [2.45, 2.75) is 18.9 Å². The van der Waals surface area contributed by atoms with Gasteiger partial charge in [0.25, 0.3) is 0 Å². The van der Waals surface area contributed by atoms with Gasteiger partial charge in [0.15, 0.2) is 0 Å². The maximum Gasteiger partial charge on any atom is 0.420 e. The molecule has 0 saturated heterocycles. The van der Waals surface area contributed by atoms with E-state index in [0.29, 0.717) is 11.0 Å². The lowest BCUT2D eigenvalue weighted by Gasteiger charge is -1.97. The van der Waals surface area contributed by atoms with Gasteiger partial charge >= 0.3 is 11.8 Å². The molecule has 0 amide bonds. The molecule has 0 aliphatic heterocycles. The van der Waals surface area contributed by atoms with Crippen LogP contribution in [0.5, 0.6) is 0 Å². The van der Waals surface area contributed by atoms with Crippen molar-refractivity contribution in [3.63, 3.8) is 0 Å². The monoisotopic (exact) mass is 218 g/mol. The highest BCUT2D eigenvalue weighted by molar-refractivity contribution is 5.86. The Balaban J connectivity index is 2.45. The molecular formula is C11H10N2O3. The molecule has 0 atom stereocenters. The van der Waals surface area contributed by atoms with Crippen molar-refractivity contribution >= 4 is 17.1 Å².